The largest absolute Gasteiger partial charge is 0.495 e. The summed E-state index contributed by atoms with van der Waals surface area (Å²) >= 11 is 0. The first-order valence-corrected chi connectivity index (χ1v) is 13.3. The molecule has 5 rings (SSSR count). The molecule has 8 nitrogen and oxygen atoms in total. The van der Waals surface area contributed by atoms with Crippen LogP contribution in [-0.2, 0) is 20.2 Å². The molecular formula is C25H31N3O5S. The number of sulfonamides is 1. The van der Waals surface area contributed by atoms with Gasteiger partial charge in [-0.3, -0.25) is 9.52 Å². The number of rotatable bonds is 7. The van der Waals surface area contributed by atoms with Crippen LogP contribution in [0.4, 0.5) is 11.4 Å². The van der Waals surface area contributed by atoms with E-state index in [0.29, 0.717) is 29.8 Å². The second kappa shape index (κ2) is 8.78. The van der Waals surface area contributed by atoms with Crippen molar-refractivity contribution in [2.45, 2.75) is 54.9 Å². The Morgan fingerprint density at radius 3 is 2.62 bits per heavy atom. The maximum absolute atomic E-state index is 13.3. The monoisotopic (exact) mass is 485 g/mol. The van der Waals surface area contributed by atoms with Gasteiger partial charge in [0.2, 0.25) is 5.91 Å². The Balaban J connectivity index is 1.53. The summed E-state index contributed by atoms with van der Waals surface area (Å²) in [7, 11) is -0.399. The van der Waals surface area contributed by atoms with Crippen LogP contribution >= 0.6 is 0 Å². The number of benzene rings is 2. The fourth-order valence-corrected chi connectivity index (χ4v) is 6.76. The zero-order valence-electron chi connectivity index (χ0n) is 19.6. The average Bonchev–Trinajstić information content (AvgIpc) is 3.54. The number of hydrogen-bond donors (Lipinski definition) is 2. The minimum Gasteiger partial charge on any atom is -0.495 e. The number of methoxy groups -OCH3 is 1. The Morgan fingerprint density at radius 2 is 1.91 bits per heavy atom. The van der Waals surface area contributed by atoms with Crippen LogP contribution in [0.3, 0.4) is 0 Å². The molecule has 0 aromatic heterocycles. The molecule has 9 heteroatoms. The maximum Gasteiger partial charge on any atom is 0.265 e. The van der Waals surface area contributed by atoms with E-state index in [2.05, 4.69) is 22.0 Å². The van der Waals surface area contributed by atoms with Crippen molar-refractivity contribution in [2.75, 3.05) is 37.3 Å². The van der Waals surface area contributed by atoms with Gasteiger partial charge in [-0.2, -0.15) is 0 Å². The van der Waals surface area contributed by atoms with Gasteiger partial charge in [-0.05, 0) is 63.0 Å². The lowest BCUT2D eigenvalue weighted by Crippen LogP contribution is -2.31. The molecule has 0 radical (unpaired) electrons. The number of likely N-dealkylation sites (N-methyl/N-ethyl adjacent to an activating group) is 1. The van der Waals surface area contributed by atoms with Crippen LogP contribution < -0.4 is 19.5 Å². The van der Waals surface area contributed by atoms with Crippen molar-refractivity contribution in [3.63, 3.8) is 0 Å². The Bertz CT molecular complexity index is 1210. The van der Waals surface area contributed by atoms with Gasteiger partial charge in [-0.15, -0.1) is 0 Å². The van der Waals surface area contributed by atoms with Gasteiger partial charge >= 0.3 is 0 Å². The molecule has 1 spiro atoms. The molecular weight excluding hydrogens is 454 g/mol. The van der Waals surface area contributed by atoms with Crippen LogP contribution in [0.15, 0.2) is 41.3 Å². The van der Waals surface area contributed by atoms with Gasteiger partial charge in [-0.1, -0.05) is 25.0 Å². The summed E-state index contributed by atoms with van der Waals surface area (Å²) in [5.41, 5.74) is 1.25. The summed E-state index contributed by atoms with van der Waals surface area (Å²) in [6.07, 6.45) is 5.61. The highest BCUT2D eigenvalue weighted by atomic mass is 32.2. The molecule has 1 saturated carbocycles. The number of nitrogens with one attached hydrogen (secondary N) is 2. The third kappa shape index (κ3) is 3.90. The molecule has 3 aliphatic rings. The minimum absolute atomic E-state index is 0.0208. The van der Waals surface area contributed by atoms with Crippen LogP contribution in [0.1, 0.15) is 44.1 Å². The van der Waals surface area contributed by atoms with Gasteiger partial charge in [0, 0.05) is 12.1 Å². The van der Waals surface area contributed by atoms with Crippen LogP contribution in [0.5, 0.6) is 11.5 Å². The van der Waals surface area contributed by atoms with E-state index in [4.69, 9.17) is 9.47 Å². The topological polar surface area (TPSA) is 97.0 Å². The molecule has 2 aromatic carbocycles. The minimum atomic E-state index is -3.92. The number of carbonyl (C=O) groups is 1. The Hall–Kier alpha value is -2.78. The summed E-state index contributed by atoms with van der Waals surface area (Å²) in [6.45, 7) is 1.51. The SMILES string of the molecule is COc1ccccc1S(=O)(=O)Nc1cc(OC[C@@H]2CCCN2C)c2c(c1)C1(CCCC1)C(=O)N2. The molecule has 1 saturated heterocycles. The van der Waals surface area contributed by atoms with E-state index in [-0.39, 0.29) is 16.6 Å². The second-order valence-corrected chi connectivity index (χ2v) is 11.1. The molecule has 2 N–H and O–H groups in total. The number of likely N-dealkylation sites (tertiary alicyclic amines) is 1. The molecule has 2 aromatic rings. The van der Waals surface area contributed by atoms with Gasteiger partial charge < -0.3 is 19.7 Å². The van der Waals surface area contributed by atoms with Crippen molar-refractivity contribution in [3.05, 3.63) is 42.0 Å². The first-order chi connectivity index (χ1) is 16.3. The molecule has 0 bridgehead atoms. The van der Waals surface area contributed by atoms with E-state index in [1.54, 1.807) is 30.3 Å². The normalized spacial score (nSPS) is 21.5. The van der Waals surface area contributed by atoms with E-state index < -0.39 is 15.4 Å². The fourth-order valence-electron chi connectivity index (χ4n) is 5.55. The van der Waals surface area contributed by atoms with Crippen molar-refractivity contribution in [3.8, 4) is 11.5 Å². The van der Waals surface area contributed by atoms with Crippen LogP contribution in [0.25, 0.3) is 0 Å². The third-order valence-corrected chi connectivity index (χ3v) is 8.88. The van der Waals surface area contributed by atoms with Crippen molar-refractivity contribution in [1.29, 1.82) is 0 Å². The molecule has 0 unspecified atom stereocenters. The number of fused-ring (bicyclic) bond motifs is 2. The first-order valence-electron chi connectivity index (χ1n) is 11.8. The fraction of sp³-hybridized carbons (Fsp3) is 0.480. The highest BCUT2D eigenvalue weighted by Crippen LogP contribution is 2.52. The number of para-hydroxylation sites is 1. The zero-order valence-corrected chi connectivity index (χ0v) is 20.4. The van der Waals surface area contributed by atoms with Gasteiger partial charge in [0.1, 0.15) is 23.0 Å². The first kappa shape index (κ1) is 23.0. The molecule has 182 valence electrons. The van der Waals surface area contributed by atoms with Crippen molar-refractivity contribution in [2.24, 2.45) is 0 Å². The van der Waals surface area contributed by atoms with Crippen LogP contribution in [-0.4, -0.2) is 52.6 Å². The smallest absolute Gasteiger partial charge is 0.265 e. The molecule has 2 aliphatic heterocycles. The summed E-state index contributed by atoms with van der Waals surface area (Å²) in [6, 6.07) is 10.3. The number of carbonyl (C=O) groups excluding carboxylic acids is 1. The molecule has 34 heavy (non-hydrogen) atoms. The second-order valence-electron chi connectivity index (χ2n) is 9.48. The van der Waals surface area contributed by atoms with Gasteiger partial charge in [-0.25, -0.2) is 8.42 Å². The number of hydrogen-bond acceptors (Lipinski definition) is 6. The molecule has 1 amide bonds. The van der Waals surface area contributed by atoms with Crippen molar-refractivity contribution >= 4 is 27.3 Å². The Morgan fingerprint density at radius 1 is 1.15 bits per heavy atom. The van der Waals surface area contributed by atoms with Gasteiger partial charge in [0.15, 0.2) is 0 Å². The van der Waals surface area contributed by atoms with E-state index in [1.165, 1.54) is 13.2 Å². The van der Waals surface area contributed by atoms with E-state index in [1.807, 2.05) is 0 Å². The predicted molar refractivity (Wildman–Crippen MR) is 130 cm³/mol. The lowest BCUT2D eigenvalue weighted by atomic mass is 9.80. The van der Waals surface area contributed by atoms with Crippen molar-refractivity contribution in [1.82, 2.24) is 4.90 Å². The summed E-state index contributed by atoms with van der Waals surface area (Å²) in [4.78, 5) is 15.4. The lowest BCUT2D eigenvalue weighted by molar-refractivity contribution is -0.120. The number of anilines is 2. The van der Waals surface area contributed by atoms with E-state index in [0.717, 1.165) is 50.6 Å². The van der Waals surface area contributed by atoms with E-state index >= 15 is 0 Å². The van der Waals surface area contributed by atoms with Gasteiger partial charge in [0.05, 0.1) is 23.9 Å². The standard InChI is InChI=1S/C25H31N3O5S/c1-28-13-7-8-18(28)16-33-21-15-17(27-34(30,31)22-10-4-3-9-20(22)32-2)14-19-23(21)26-24(29)25(19)11-5-6-12-25/h3-4,9-10,14-15,18,27H,5-8,11-13,16H2,1-2H3,(H,26,29)/t18-/m0/s1. The molecule has 2 heterocycles. The average molecular weight is 486 g/mol. The highest BCUT2D eigenvalue weighted by Gasteiger charge is 2.49. The molecule has 1 aliphatic carbocycles. The van der Waals surface area contributed by atoms with Gasteiger partial charge in [0.25, 0.3) is 10.0 Å². The zero-order chi connectivity index (χ0) is 23.9. The molecule has 2 fully saturated rings. The van der Waals surface area contributed by atoms with Crippen molar-refractivity contribution < 1.29 is 22.7 Å². The summed E-state index contributed by atoms with van der Waals surface area (Å²) < 4.78 is 40.7. The van der Waals surface area contributed by atoms with Crippen LogP contribution in [0, 0.1) is 0 Å². The maximum atomic E-state index is 13.3. The van der Waals surface area contributed by atoms with E-state index in [9.17, 15) is 13.2 Å². The third-order valence-electron chi connectivity index (χ3n) is 7.46. The quantitative estimate of drug-likeness (QED) is 0.620. The predicted octanol–water partition coefficient (Wildman–Crippen LogP) is 3.73. The Labute approximate surface area is 200 Å². The Kier molecular flexibility index (Phi) is 5.93. The number of amides is 1. The highest BCUT2D eigenvalue weighted by molar-refractivity contribution is 7.92. The number of ether oxygens (including phenoxy) is 2. The lowest BCUT2D eigenvalue weighted by Gasteiger charge is -2.23. The number of nitrogens with zero attached hydrogens (tertiary/aromatic N) is 1. The summed E-state index contributed by atoms with van der Waals surface area (Å²) in [5, 5.41) is 3.05. The molecule has 1 atom stereocenters. The summed E-state index contributed by atoms with van der Waals surface area (Å²) in [5.74, 6) is 0.751. The van der Waals surface area contributed by atoms with Crippen LogP contribution in [0.2, 0.25) is 0 Å².